The Morgan fingerprint density at radius 2 is 2.36 bits per heavy atom. The molecule has 4 nitrogen and oxygen atoms in total. The minimum atomic E-state index is -0.849. The van der Waals surface area contributed by atoms with Crippen LogP contribution in [0.3, 0.4) is 0 Å². The van der Waals surface area contributed by atoms with E-state index in [-0.39, 0.29) is 17.2 Å². The molecule has 1 amide bonds. The molecule has 0 radical (unpaired) electrons. The molecule has 82 valence electrons. The number of hydrogen-bond donors (Lipinski definition) is 1. The average molecular weight is 218 g/mol. The Kier molecular flexibility index (Phi) is 4.07. The highest BCUT2D eigenvalue weighted by Gasteiger charge is 2.31. The highest BCUT2D eigenvalue weighted by atomic mass is 32.2. The van der Waals surface area contributed by atoms with E-state index in [1.807, 2.05) is 6.92 Å². The summed E-state index contributed by atoms with van der Waals surface area (Å²) < 4.78 is 11.1. The quantitative estimate of drug-likeness (QED) is 0.697. The molecule has 3 atom stereocenters. The summed E-state index contributed by atoms with van der Waals surface area (Å²) in [5, 5.41) is 3.04. The molecule has 0 aromatic rings. The molecule has 1 fully saturated rings. The molecule has 14 heavy (non-hydrogen) atoms. The number of rotatable bonds is 4. The van der Waals surface area contributed by atoms with Crippen LogP contribution in [-0.2, 0) is 15.6 Å². The van der Waals surface area contributed by atoms with Crippen LogP contribution in [0.4, 0.5) is 0 Å². The van der Waals surface area contributed by atoms with Crippen LogP contribution in [0.15, 0.2) is 0 Å². The highest BCUT2D eigenvalue weighted by Crippen LogP contribution is 2.12. The van der Waals surface area contributed by atoms with Gasteiger partial charge in [-0.15, -0.1) is 0 Å². The van der Waals surface area contributed by atoms with Crippen LogP contribution in [-0.4, -0.2) is 52.7 Å². The maximum absolute atomic E-state index is 11.7. The van der Waals surface area contributed by atoms with Crippen molar-refractivity contribution in [3.05, 3.63) is 0 Å². The van der Waals surface area contributed by atoms with Crippen LogP contribution in [0, 0.1) is 0 Å². The fraction of sp³-hybridized carbons (Fsp3) is 0.889. The van der Waals surface area contributed by atoms with Crippen molar-refractivity contribution in [1.29, 1.82) is 0 Å². The van der Waals surface area contributed by atoms with E-state index < -0.39 is 10.8 Å². The lowest BCUT2D eigenvalue weighted by atomic mass is 10.3. The van der Waals surface area contributed by atoms with E-state index >= 15 is 0 Å². The zero-order valence-electron chi connectivity index (χ0n) is 8.95. The lowest BCUT2D eigenvalue weighted by molar-refractivity contribution is -0.129. The fourth-order valence-corrected chi connectivity index (χ4v) is 1.99. The van der Waals surface area contributed by atoms with Crippen LogP contribution >= 0.6 is 0 Å². The monoisotopic (exact) mass is 218 g/mol. The predicted octanol–water partition coefficient (Wildman–Crippen LogP) is -0.426. The van der Waals surface area contributed by atoms with Gasteiger partial charge in [0.1, 0.15) is 0 Å². The smallest absolute Gasteiger partial charge is 0.239 e. The molecule has 1 heterocycles. The molecule has 0 aromatic carbocycles. The molecule has 5 heteroatoms. The first-order chi connectivity index (χ1) is 6.56. The van der Waals surface area contributed by atoms with E-state index in [0.29, 0.717) is 6.54 Å². The number of hydrogen-bond acceptors (Lipinski definition) is 3. The number of nitrogens with zero attached hydrogens (tertiary/aromatic N) is 1. The van der Waals surface area contributed by atoms with Gasteiger partial charge in [-0.25, -0.2) is 0 Å². The maximum Gasteiger partial charge on any atom is 0.239 e. The van der Waals surface area contributed by atoms with Crippen molar-refractivity contribution in [2.24, 2.45) is 0 Å². The first-order valence-electron chi connectivity index (χ1n) is 4.84. The molecule has 0 bridgehead atoms. The Morgan fingerprint density at radius 1 is 1.71 bits per heavy atom. The van der Waals surface area contributed by atoms with E-state index in [1.165, 1.54) is 0 Å². The van der Waals surface area contributed by atoms with Gasteiger partial charge in [-0.3, -0.25) is 9.00 Å². The Bertz CT molecular complexity index is 245. The van der Waals surface area contributed by atoms with Crippen LogP contribution in [0.2, 0.25) is 0 Å². The normalized spacial score (nSPS) is 26.6. The Labute approximate surface area is 87.5 Å². The molecule has 0 aromatic heterocycles. The lowest BCUT2D eigenvalue weighted by Gasteiger charge is -2.19. The zero-order chi connectivity index (χ0) is 10.7. The number of nitrogens with one attached hydrogen (secondary N) is 1. The molecule has 1 N–H and O–H groups in total. The molecule has 0 saturated carbocycles. The van der Waals surface area contributed by atoms with Gasteiger partial charge in [0.25, 0.3) is 0 Å². The van der Waals surface area contributed by atoms with Gasteiger partial charge in [0.2, 0.25) is 5.91 Å². The summed E-state index contributed by atoms with van der Waals surface area (Å²) in [6.45, 7) is 3.31. The molecule has 1 aliphatic heterocycles. The lowest BCUT2D eigenvalue weighted by Crippen LogP contribution is -2.39. The number of carbonyl (C=O) groups is 1. The SMILES string of the molecule is CNC1CCN(CC(C)S(C)=O)C1=O. The van der Waals surface area contributed by atoms with Crippen molar-refractivity contribution < 1.29 is 9.00 Å². The number of likely N-dealkylation sites (tertiary alicyclic amines) is 1. The first kappa shape index (κ1) is 11.7. The van der Waals surface area contributed by atoms with E-state index in [1.54, 1.807) is 18.2 Å². The third-order valence-corrected chi connectivity index (χ3v) is 3.97. The Balaban J connectivity index is 2.48. The van der Waals surface area contributed by atoms with Crippen molar-refractivity contribution in [3.8, 4) is 0 Å². The van der Waals surface area contributed by atoms with Crippen molar-refractivity contribution in [2.75, 3.05) is 26.4 Å². The fourth-order valence-electron chi connectivity index (χ4n) is 1.60. The van der Waals surface area contributed by atoms with Gasteiger partial charge in [0.05, 0.1) is 6.04 Å². The van der Waals surface area contributed by atoms with E-state index in [9.17, 15) is 9.00 Å². The summed E-state index contributed by atoms with van der Waals surface area (Å²) in [6, 6.07) is -0.0347. The topological polar surface area (TPSA) is 49.4 Å². The third-order valence-electron chi connectivity index (χ3n) is 2.69. The number of likely N-dealkylation sites (N-methyl/N-ethyl adjacent to an activating group) is 1. The second kappa shape index (κ2) is 4.89. The van der Waals surface area contributed by atoms with Gasteiger partial charge in [0.15, 0.2) is 0 Å². The average Bonchev–Trinajstić information content (AvgIpc) is 2.47. The third kappa shape index (κ3) is 2.54. The minimum Gasteiger partial charge on any atom is -0.340 e. The van der Waals surface area contributed by atoms with Crippen LogP contribution in [0.1, 0.15) is 13.3 Å². The molecular weight excluding hydrogens is 200 g/mol. The van der Waals surface area contributed by atoms with E-state index in [2.05, 4.69) is 5.32 Å². The van der Waals surface area contributed by atoms with Crippen LogP contribution in [0.5, 0.6) is 0 Å². The zero-order valence-corrected chi connectivity index (χ0v) is 9.76. The second-order valence-electron chi connectivity index (χ2n) is 3.72. The summed E-state index contributed by atoms with van der Waals surface area (Å²) >= 11 is 0. The summed E-state index contributed by atoms with van der Waals surface area (Å²) in [6.07, 6.45) is 2.54. The summed E-state index contributed by atoms with van der Waals surface area (Å²) in [5.41, 5.74) is 0. The molecule has 3 unspecified atom stereocenters. The highest BCUT2D eigenvalue weighted by molar-refractivity contribution is 7.84. The van der Waals surface area contributed by atoms with Gasteiger partial charge >= 0.3 is 0 Å². The summed E-state index contributed by atoms with van der Waals surface area (Å²) in [5.74, 6) is 0.143. The number of amides is 1. The van der Waals surface area contributed by atoms with Gasteiger partial charge in [-0.2, -0.15) is 0 Å². The molecule has 1 rings (SSSR count). The van der Waals surface area contributed by atoms with E-state index in [4.69, 9.17) is 0 Å². The van der Waals surface area contributed by atoms with Crippen LogP contribution < -0.4 is 5.32 Å². The summed E-state index contributed by atoms with van der Waals surface area (Å²) in [4.78, 5) is 13.5. The van der Waals surface area contributed by atoms with Crippen molar-refractivity contribution >= 4 is 16.7 Å². The molecule has 0 spiro atoms. The van der Waals surface area contributed by atoms with Gasteiger partial charge < -0.3 is 10.2 Å². The van der Waals surface area contributed by atoms with Gasteiger partial charge in [-0.1, -0.05) is 0 Å². The Morgan fingerprint density at radius 3 is 2.79 bits per heavy atom. The first-order valence-corrected chi connectivity index (χ1v) is 6.46. The van der Waals surface area contributed by atoms with Crippen molar-refractivity contribution in [3.63, 3.8) is 0 Å². The van der Waals surface area contributed by atoms with E-state index in [0.717, 1.165) is 13.0 Å². The Hall–Kier alpha value is -0.420. The number of carbonyl (C=O) groups excluding carboxylic acids is 1. The van der Waals surface area contributed by atoms with Crippen molar-refractivity contribution in [1.82, 2.24) is 10.2 Å². The van der Waals surface area contributed by atoms with Crippen LogP contribution in [0.25, 0.3) is 0 Å². The predicted molar refractivity (Wildman–Crippen MR) is 57.6 cm³/mol. The standard InChI is InChI=1S/C9H18N2O2S/c1-7(14(3)13)6-11-5-4-8(10-2)9(11)12/h7-8,10H,4-6H2,1-3H3. The van der Waals surface area contributed by atoms with Crippen molar-refractivity contribution in [2.45, 2.75) is 24.6 Å². The summed E-state index contributed by atoms with van der Waals surface area (Å²) in [7, 11) is 0.950. The second-order valence-corrected chi connectivity index (χ2v) is 5.53. The molecule has 0 aliphatic carbocycles. The molecule has 1 saturated heterocycles. The minimum absolute atomic E-state index is 0.0347. The van der Waals surface area contributed by atoms with Gasteiger partial charge in [0, 0.05) is 35.4 Å². The van der Waals surface area contributed by atoms with Gasteiger partial charge in [-0.05, 0) is 20.4 Å². The maximum atomic E-state index is 11.7. The largest absolute Gasteiger partial charge is 0.340 e. The molecule has 1 aliphatic rings. The molecular formula is C9H18N2O2S.